The van der Waals surface area contributed by atoms with Crippen LogP contribution in [0.3, 0.4) is 0 Å². The Morgan fingerprint density at radius 3 is 2.64 bits per heavy atom. The number of benzene rings is 1. The fraction of sp³-hybridized carbons (Fsp3) is 0.759. The van der Waals surface area contributed by atoms with E-state index in [1.807, 2.05) is 7.11 Å². The molecule has 0 spiro atoms. The molecule has 7 heteroatoms. The molecular formula is C29H43F2N3O2. The van der Waals surface area contributed by atoms with Crippen LogP contribution in [-0.4, -0.2) is 26.0 Å². The minimum absolute atomic E-state index is 0.0399. The first-order valence-corrected chi connectivity index (χ1v) is 13.9. The highest BCUT2D eigenvalue weighted by Crippen LogP contribution is 2.68. The summed E-state index contributed by atoms with van der Waals surface area (Å²) in [6.07, 6.45) is 10.6. The quantitative estimate of drug-likeness (QED) is 0.295. The number of nitrogen functional groups attached to an aromatic ring is 1. The molecule has 0 aliphatic heterocycles. The number of fused-ring (bicyclic) bond motifs is 5. The first-order chi connectivity index (χ1) is 17.1. The smallest absolute Gasteiger partial charge is 0.183 e. The van der Waals surface area contributed by atoms with E-state index in [1.165, 1.54) is 43.2 Å². The summed E-state index contributed by atoms with van der Waals surface area (Å²) in [6, 6.07) is 2.34. The second-order valence-electron chi connectivity index (χ2n) is 12.8. The largest absolute Gasteiger partial charge is 0.395 e. The molecule has 4 aliphatic carbocycles. The van der Waals surface area contributed by atoms with Gasteiger partial charge in [-0.2, -0.15) is 0 Å². The van der Waals surface area contributed by atoms with Crippen LogP contribution in [0.25, 0.3) is 0 Å². The van der Waals surface area contributed by atoms with Gasteiger partial charge >= 0.3 is 0 Å². The summed E-state index contributed by atoms with van der Waals surface area (Å²) in [5.41, 5.74) is 5.81. The van der Waals surface area contributed by atoms with Crippen LogP contribution in [0.15, 0.2) is 12.1 Å². The van der Waals surface area contributed by atoms with Crippen LogP contribution in [0.5, 0.6) is 0 Å². The van der Waals surface area contributed by atoms with Gasteiger partial charge in [0.05, 0.1) is 24.5 Å². The van der Waals surface area contributed by atoms with Crippen molar-refractivity contribution in [1.82, 2.24) is 0 Å². The van der Waals surface area contributed by atoms with E-state index in [0.717, 1.165) is 50.2 Å². The minimum atomic E-state index is -1.13. The number of hydrazine groups is 1. The molecule has 0 radical (unpaired) electrons. The lowest BCUT2D eigenvalue weighted by molar-refractivity contribution is -0.154. The third-order valence-corrected chi connectivity index (χ3v) is 11.2. The molecule has 0 aromatic heterocycles. The zero-order chi connectivity index (χ0) is 25.8. The van der Waals surface area contributed by atoms with Crippen molar-refractivity contribution < 1.29 is 18.3 Å². The topological polar surface area (TPSA) is 81.6 Å². The summed E-state index contributed by atoms with van der Waals surface area (Å²) in [7, 11) is 1.86. The number of halogens is 2. The molecule has 200 valence electrons. The average Bonchev–Trinajstić information content (AvgIpc) is 3.20. The fourth-order valence-corrected chi connectivity index (χ4v) is 9.51. The lowest BCUT2D eigenvalue weighted by Gasteiger charge is -2.62. The van der Waals surface area contributed by atoms with Gasteiger partial charge in [-0.25, -0.2) is 14.6 Å². The highest BCUT2D eigenvalue weighted by molar-refractivity contribution is 5.87. The van der Waals surface area contributed by atoms with Crippen LogP contribution in [0.1, 0.15) is 71.6 Å². The second kappa shape index (κ2) is 9.54. The van der Waals surface area contributed by atoms with Gasteiger partial charge in [-0.3, -0.25) is 4.79 Å². The molecule has 4 aliphatic rings. The molecule has 1 aromatic rings. The molecule has 5 nitrogen and oxygen atoms in total. The van der Waals surface area contributed by atoms with Gasteiger partial charge in [-0.1, -0.05) is 20.3 Å². The second-order valence-corrected chi connectivity index (χ2v) is 12.8. The van der Waals surface area contributed by atoms with Gasteiger partial charge in [0.1, 0.15) is 0 Å². The maximum Gasteiger partial charge on any atom is 0.183 e. The molecule has 0 heterocycles. The van der Waals surface area contributed by atoms with Crippen molar-refractivity contribution in [1.29, 1.82) is 0 Å². The van der Waals surface area contributed by atoms with E-state index in [1.54, 1.807) is 0 Å². The molecule has 0 bridgehead atoms. The Kier molecular flexibility index (Phi) is 6.86. The monoisotopic (exact) mass is 503 g/mol. The van der Waals surface area contributed by atoms with Crippen LogP contribution in [0.2, 0.25) is 0 Å². The first-order valence-electron chi connectivity index (χ1n) is 13.9. The molecule has 36 heavy (non-hydrogen) atoms. The van der Waals surface area contributed by atoms with Crippen molar-refractivity contribution in [2.45, 2.75) is 71.6 Å². The number of Topliss-reactive ketones (excluding diaryl/α,β-unsaturated/α-hetero) is 1. The van der Waals surface area contributed by atoms with Crippen molar-refractivity contribution >= 4 is 17.2 Å². The van der Waals surface area contributed by atoms with E-state index in [9.17, 15) is 13.6 Å². The first kappa shape index (κ1) is 25.9. The van der Waals surface area contributed by atoms with Crippen LogP contribution in [-0.2, 0) is 9.53 Å². The fourth-order valence-electron chi connectivity index (χ4n) is 9.51. The highest BCUT2D eigenvalue weighted by Gasteiger charge is 2.62. The lowest BCUT2D eigenvalue weighted by Crippen LogP contribution is -2.56. The SMILES string of the molecule is COCC12CCC(C)CC1CCC1C2CCC2(C)C1CC[C@@H]2C(=O)CN(N)c1ccc(F)c(F)c1N. The number of carbonyl (C=O) groups is 1. The summed E-state index contributed by atoms with van der Waals surface area (Å²) >= 11 is 0. The lowest BCUT2D eigenvalue weighted by atomic mass is 9.44. The van der Waals surface area contributed by atoms with Crippen molar-refractivity contribution in [2.75, 3.05) is 31.0 Å². The van der Waals surface area contributed by atoms with Gasteiger partial charge in [0, 0.05) is 13.0 Å². The molecule has 4 fully saturated rings. The molecule has 1 aromatic carbocycles. The maximum atomic E-state index is 14.0. The van der Waals surface area contributed by atoms with Gasteiger partial charge in [-0.15, -0.1) is 0 Å². The summed E-state index contributed by atoms with van der Waals surface area (Å²) in [5, 5.41) is 1.19. The minimum Gasteiger partial charge on any atom is -0.395 e. The van der Waals surface area contributed by atoms with E-state index in [-0.39, 0.29) is 35.0 Å². The molecular weight excluding hydrogens is 460 g/mol. The Morgan fingerprint density at radius 1 is 1.11 bits per heavy atom. The zero-order valence-electron chi connectivity index (χ0n) is 22.1. The molecule has 0 saturated heterocycles. The number of methoxy groups -OCH3 is 1. The standard InChI is InChI=1S/C29H43F2N3O2/c1-17-10-13-29(16-36-3)18(14-17)4-5-19-20-6-7-22(28(20,2)12-11-21(19)29)25(35)15-34(33)24-9-8-23(30)26(31)27(24)32/h8-9,17-22H,4-7,10-16,32-33H2,1-3H3/t17?,18?,19?,20?,21?,22-,28?,29?/m1/s1. The molecule has 7 unspecified atom stereocenters. The highest BCUT2D eigenvalue weighted by atomic mass is 19.2. The van der Waals surface area contributed by atoms with Crippen molar-refractivity contribution in [3.05, 3.63) is 23.8 Å². The van der Waals surface area contributed by atoms with Gasteiger partial charge in [0.15, 0.2) is 17.4 Å². The van der Waals surface area contributed by atoms with Crippen LogP contribution in [0, 0.1) is 58.0 Å². The van der Waals surface area contributed by atoms with Gasteiger partial charge in [-0.05, 0) is 104 Å². The zero-order valence-corrected chi connectivity index (χ0v) is 22.1. The third-order valence-electron chi connectivity index (χ3n) is 11.2. The van der Waals surface area contributed by atoms with Crippen molar-refractivity contribution in [3.63, 3.8) is 0 Å². The van der Waals surface area contributed by atoms with Gasteiger partial charge < -0.3 is 15.5 Å². The molecule has 5 rings (SSSR count). The van der Waals surface area contributed by atoms with E-state index >= 15 is 0 Å². The number of ether oxygens (including phenoxy) is 1. The van der Waals surface area contributed by atoms with E-state index in [2.05, 4.69) is 13.8 Å². The van der Waals surface area contributed by atoms with Gasteiger partial charge in [0.2, 0.25) is 0 Å². The molecule has 0 amide bonds. The summed E-state index contributed by atoms with van der Waals surface area (Å²) in [6.45, 7) is 5.55. The number of nitrogens with zero attached hydrogens (tertiary/aromatic N) is 1. The Hall–Kier alpha value is -1.73. The predicted octanol–water partition coefficient (Wildman–Crippen LogP) is 5.72. The number of hydrogen-bond donors (Lipinski definition) is 2. The van der Waals surface area contributed by atoms with Crippen LogP contribution in [0.4, 0.5) is 20.2 Å². The number of rotatable bonds is 6. The Labute approximate surface area is 214 Å². The molecule has 8 atom stereocenters. The number of anilines is 2. The Morgan fingerprint density at radius 2 is 1.89 bits per heavy atom. The predicted molar refractivity (Wildman–Crippen MR) is 138 cm³/mol. The number of carbonyl (C=O) groups excluding carboxylic acids is 1. The molecule has 4 saturated carbocycles. The van der Waals surface area contributed by atoms with E-state index in [4.69, 9.17) is 16.3 Å². The van der Waals surface area contributed by atoms with Crippen LogP contribution < -0.4 is 16.6 Å². The number of nitrogens with two attached hydrogens (primary N) is 2. The number of ketones is 1. The number of hydrogen-bond acceptors (Lipinski definition) is 5. The molecule has 4 N–H and O–H groups in total. The summed E-state index contributed by atoms with van der Waals surface area (Å²) in [4.78, 5) is 13.6. The van der Waals surface area contributed by atoms with Crippen molar-refractivity contribution in [2.24, 2.45) is 52.2 Å². The maximum absolute atomic E-state index is 14.0. The Balaban J connectivity index is 1.34. The van der Waals surface area contributed by atoms with E-state index in [0.29, 0.717) is 23.2 Å². The average molecular weight is 504 g/mol. The Bertz CT molecular complexity index is 1000. The summed E-state index contributed by atoms with van der Waals surface area (Å²) < 4.78 is 33.4. The van der Waals surface area contributed by atoms with E-state index < -0.39 is 11.6 Å². The van der Waals surface area contributed by atoms with Crippen LogP contribution >= 0.6 is 0 Å². The normalized spacial score (nSPS) is 39.7. The van der Waals surface area contributed by atoms with Gasteiger partial charge in [0.25, 0.3) is 0 Å². The summed E-state index contributed by atoms with van der Waals surface area (Å²) in [5.74, 6) is 7.48. The third kappa shape index (κ3) is 3.96. The van der Waals surface area contributed by atoms with Crippen molar-refractivity contribution in [3.8, 4) is 0 Å².